The van der Waals surface area contributed by atoms with Gasteiger partial charge >= 0.3 is 5.97 Å². The second kappa shape index (κ2) is 6.14. The Labute approximate surface area is 141 Å². The maximum atomic E-state index is 13.1. The number of aliphatic carboxylic acids is 1. The SMILES string of the molecule is Cc1cc(S(=O)(=O)N2CCC(C(=O)O)C(C)C2)c2ncccc2c1. The van der Waals surface area contributed by atoms with Crippen LogP contribution >= 0.6 is 0 Å². The minimum absolute atomic E-state index is 0.194. The van der Waals surface area contributed by atoms with Crippen LogP contribution in [0.1, 0.15) is 18.9 Å². The normalized spacial score (nSPS) is 22.6. The second-order valence-electron chi connectivity index (χ2n) is 6.41. The van der Waals surface area contributed by atoms with E-state index >= 15 is 0 Å². The summed E-state index contributed by atoms with van der Waals surface area (Å²) in [5.41, 5.74) is 1.30. The highest BCUT2D eigenvalue weighted by molar-refractivity contribution is 7.89. The Morgan fingerprint density at radius 3 is 2.79 bits per heavy atom. The molecule has 7 heteroatoms. The summed E-state index contributed by atoms with van der Waals surface area (Å²) in [4.78, 5) is 15.7. The summed E-state index contributed by atoms with van der Waals surface area (Å²) in [7, 11) is -3.72. The van der Waals surface area contributed by atoms with Gasteiger partial charge in [-0.05, 0) is 43.0 Å². The predicted molar refractivity (Wildman–Crippen MR) is 90.1 cm³/mol. The van der Waals surface area contributed by atoms with Crippen molar-refractivity contribution in [2.75, 3.05) is 13.1 Å². The number of aryl methyl sites for hydroxylation is 1. The molecule has 6 nitrogen and oxygen atoms in total. The lowest BCUT2D eigenvalue weighted by Gasteiger charge is -2.34. The van der Waals surface area contributed by atoms with Crippen molar-refractivity contribution in [1.29, 1.82) is 0 Å². The standard InChI is InChI=1S/C17H20N2O4S/c1-11-8-13-4-3-6-18-16(13)15(9-11)24(22,23)19-7-5-14(17(20)21)12(2)10-19/h3-4,6,8-9,12,14H,5,7,10H2,1-2H3,(H,20,21). The predicted octanol–water partition coefficient (Wildman–Crippen LogP) is 2.27. The van der Waals surface area contributed by atoms with Crippen molar-refractivity contribution in [2.45, 2.75) is 25.2 Å². The molecule has 24 heavy (non-hydrogen) atoms. The third-order valence-corrected chi connectivity index (χ3v) is 6.50. The number of pyridine rings is 1. The van der Waals surface area contributed by atoms with Gasteiger partial charge < -0.3 is 5.11 Å². The summed E-state index contributed by atoms with van der Waals surface area (Å²) < 4.78 is 27.6. The van der Waals surface area contributed by atoms with Gasteiger partial charge in [-0.2, -0.15) is 4.31 Å². The van der Waals surface area contributed by atoms with E-state index in [0.717, 1.165) is 10.9 Å². The maximum absolute atomic E-state index is 13.1. The Kier molecular flexibility index (Phi) is 4.31. The fraction of sp³-hybridized carbons (Fsp3) is 0.412. The number of benzene rings is 1. The minimum Gasteiger partial charge on any atom is -0.481 e. The quantitative estimate of drug-likeness (QED) is 0.919. The van der Waals surface area contributed by atoms with Crippen LogP contribution < -0.4 is 0 Å². The molecule has 2 heterocycles. The topological polar surface area (TPSA) is 87.6 Å². The van der Waals surface area contributed by atoms with E-state index in [1.807, 2.05) is 19.1 Å². The molecule has 1 aromatic carbocycles. The van der Waals surface area contributed by atoms with Crippen molar-refractivity contribution in [2.24, 2.45) is 11.8 Å². The molecule has 1 fully saturated rings. The zero-order chi connectivity index (χ0) is 17.5. The number of carboxylic acid groups (broad SMARTS) is 1. The summed E-state index contributed by atoms with van der Waals surface area (Å²) in [6.45, 7) is 4.06. The molecular formula is C17H20N2O4S. The van der Waals surface area contributed by atoms with Crippen LogP contribution in [0.3, 0.4) is 0 Å². The van der Waals surface area contributed by atoms with Crippen molar-refractivity contribution in [3.05, 3.63) is 36.0 Å². The van der Waals surface area contributed by atoms with Gasteiger partial charge in [-0.25, -0.2) is 8.42 Å². The van der Waals surface area contributed by atoms with Gasteiger partial charge in [-0.15, -0.1) is 0 Å². The highest BCUT2D eigenvalue weighted by Gasteiger charge is 2.37. The molecule has 2 aromatic rings. The molecule has 1 saturated heterocycles. The molecule has 1 aromatic heterocycles. The van der Waals surface area contributed by atoms with Crippen molar-refractivity contribution >= 4 is 26.9 Å². The van der Waals surface area contributed by atoms with Gasteiger partial charge in [0.1, 0.15) is 4.90 Å². The Morgan fingerprint density at radius 1 is 1.38 bits per heavy atom. The fourth-order valence-electron chi connectivity index (χ4n) is 3.33. The highest BCUT2D eigenvalue weighted by Crippen LogP contribution is 2.31. The third-order valence-electron chi connectivity index (χ3n) is 4.62. The molecule has 2 atom stereocenters. The first-order chi connectivity index (χ1) is 11.3. The molecule has 128 valence electrons. The smallest absolute Gasteiger partial charge is 0.306 e. The van der Waals surface area contributed by atoms with Crippen LogP contribution in [-0.4, -0.2) is 41.9 Å². The third kappa shape index (κ3) is 2.89. The molecule has 3 rings (SSSR count). The number of piperidine rings is 1. The second-order valence-corrected chi connectivity index (χ2v) is 8.32. The van der Waals surface area contributed by atoms with Gasteiger partial charge in [0.25, 0.3) is 0 Å². The van der Waals surface area contributed by atoms with E-state index in [-0.39, 0.29) is 23.9 Å². The Morgan fingerprint density at radius 2 is 2.12 bits per heavy atom. The lowest BCUT2D eigenvalue weighted by molar-refractivity contribution is -0.144. The van der Waals surface area contributed by atoms with Gasteiger partial charge in [0, 0.05) is 24.7 Å². The van der Waals surface area contributed by atoms with Gasteiger partial charge in [0.15, 0.2) is 0 Å². The van der Waals surface area contributed by atoms with E-state index in [4.69, 9.17) is 0 Å². The molecule has 1 aliphatic heterocycles. The van der Waals surface area contributed by atoms with Crippen LogP contribution in [0, 0.1) is 18.8 Å². The lowest BCUT2D eigenvalue weighted by Crippen LogP contribution is -2.44. The number of sulfonamides is 1. The van der Waals surface area contributed by atoms with Crippen LogP contribution in [0.15, 0.2) is 35.4 Å². The van der Waals surface area contributed by atoms with Crippen LogP contribution in [0.2, 0.25) is 0 Å². The number of carboxylic acids is 1. The summed E-state index contributed by atoms with van der Waals surface area (Å²) >= 11 is 0. The molecule has 0 aliphatic carbocycles. The van der Waals surface area contributed by atoms with Gasteiger partial charge in [-0.1, -0.05) is 13.0 Å². The van der Waals surface area contributed by atoms with Gasteiger partial charge in [0.05, 0.1) is 11.4 Å². The average Bonchev–Trinajstić information content (AvgIpc) is 2.53. The van der Waals surface area contributed by atoms with E-state index in [1.165, 1.54) is 4.31 Å². The molecule has 0 radical (unpaired) electrons. The van der Waals surface area contributed by atoms with Crippen molar-refractivity contribution in [3.63, 3.8) is 0 Å². The van der Waals surface area contributed by atoms with E-state index in [0.29, 0.717) is 11.9 Å². The van der Waals surface area contributed by atoms with Crippen LogP contribution in [0.25, 0.3) is 10.9 Å². The van der Waals surface area contributed by atoms with E-state index in [9.17, 15) is 18.3 Å². The summed E-state index contributed by atoms with van der Waals surface area (Å²) in [6.07, 6.45) is 1.91. The summed E-state index contributed by atoms with van der Waals surface area (Å²) in [6, 6.07) is 7.16. The molecule has 0 amide bonds. The number of nitrogens with zero attached hydrogens (tertiary/aromatic N) is 2. The number of hydrogen-bond acceptors (Lipinski definition) is 4. The molecule has 0 saturated carbocycles. The molecule has 0 spiro atoms. The van der Waals surface area contributed by atoms with Crippen LogP contribution in [-0.2, 0) is 14.8 Å². The number of hydrogen-bond donors (Lipinski definition) is 1. The average molecular weight is 348 g/mol. The van der Waals surface area contributed by atoms with E-state index in [2.05, 4.69) is 4.98 Å². The van der Waals surface area contributed by atoms with Gasteiger partial charge in [-0.3, -0.25) is 9.78 Å². The minimum atomic E-state index is -3.72. The fourth-order valence-corrected chi connectivity index (χ4v) is 5.14. The Hall–Kier alpha value is -1.99. The largest absolute Gasteiger partial charge is 0.481 e. The van der Waals surface area contributed by atoms with E-state index in [1.54, 1.807) is 25.3 Å². The van der Waals surface area contributed by atoms with E-state index < -0.39 is 21.9 Å². The van der Waals surface area contributed by atoms with Crippen LogP contribution in [0.5, 0.6) is 0 Å². The molecule has 1 N–H and O–H groups in total. The highest BCUT2D eigenvalue weighted by atomic mass is 32.2. The number of carbonyl (C=O) groups is 1. The summed E-state index contributed by atoms with van der Waals surface area (Å²) in [5, 5.41) is 10.00. The lowest BCUT2D eigenvalue weighted by atomic mass is 9.88. The zero-order valence-corrected chi connectivity index (χ0v) is 14.5. The molecule has 2 unspecified atom stereocenters. The van der Waals surface area contributed by atoms with Gasteiger partial charge in [0.2, 0.25) is 10.0 Å². The monoisotopic (exact) mass is 348 g/mol. The van der Waals surface area contributed by atoms with Crippen LogP contribution in [0.4, 0.5) is 0 Å². The van der Waals surface area contributed by atoms with Crippen molar-refractivity contribution in [3.8, 4) is 0 Å². The zero-order valence-electron chi connectivity index (χ0n) is 13.6. The first kappa shape index (κ1) is 16.9. The molecule has 0 bridgehead atoms. The molecule has 1 aliphatic rings. The number of fused-ring (bicyclic) bond motifs is 1. The number of aromatic nitrogens is 1. The number of rotatable bonds is 3. The van der Waals surface area contributed by atoms with Crippen molar-refractivity contribution in [1.82, 2.24) is 9.29 Å². The summed E-state index contributed by atoms with van der Waals surface area (Å²) in [5.74, 6) is -1.58. The first-order valence-electron chi connectivity index (χ1n) is 7.89. The van der Waals surface area contributed by atoms with Crippen molar-refractivity contribution < 1.29 is 18.3 Å². The molecular weight excluding hydrogens is 328 g/mol. The Balaban J connectivity index is 2.02. The first-order valence-corrected chi connectivity index (χ1v) is 9.33. The Bertz CT molecular complexity index is 895. The maximum Gasteiger partial charge on any atom is 0.306 e.